The molecular weight excluding hydrogens is 756 g/mol. The molecule has 7 aromatic rings. The SMILES string of the molecule is [2H]C([2H])(c1[c-]c2c(cc1)c1ccccc1n2-c1cc(C)ccn1)c1[c-]c(N2[CH-]N(c3ccccc3)c3ccccc32)cc(C(C)(C)C)c1.[Pt]. The molecule has 0 aliphatic carbocycles. The Hall–Kier alpha value is -4.66. The molecule has 5 heteroatoms. The van der Waals surface area contributed by atoms with Gasteiger partial charge in [-0.05, 0) is 72.1 Å². The fourth-order valence-electron chi connectivity index (χ4n) is 6.27. The third-order valence-corrected chi connectivity index (χ3v) is 8.63. The van der Waals surface area contributed by atoms with Crippen LogP contribution in [0.4, 0.5) is 22.7 Å². The van der Waals surface area contributed by atoms with E-state index in [0.29, 0.717) is 11.1 Å². The molecule has 0 saturated carbocycles. The molecule has 0 bridgehead atoms. The molecule has 47 heavy (non-hydrogen) atoms. The number of pyridine rings is 1. The first-order valence-electron chi connectivity index (χ1n) is 16.6. The number of nitrogens with zero attached hydrogens (tertiary/aromatic N) is 4. The molecule has 0 amide bonds. The van der Waals surface area contributed by atoms with Gasteiger partial charge in [0.25, 0.3) is 0 Å². The summed E-state index contributed by atoms with van der Waals surface area (Å²) in [6.45, 7) is 10.6. The van der Waals surface area contributed by atoms with E-state index in [4.69, 9.17) is 4.98 Å². The normalized spacial score (nSPS) is 13.8. The fourth-order valence-corrected chi connectivity index (χ4v) is 6.27. The van der Waals surface area contributed by atoms with Crippen LogP contribution in [0.3, 0.4) is 0 Å². The van der Waals surface area contributed by atoms with Gasteiger partial charge in [0.2, 0.25) is 0 Å². The Labute approximate surface area is 294 Å². The number of hydrogen-bond donors (Lipinski definition) is 0. The van der Waals surface area contributed by atoms with Crippen LogP contribution in [0.1, 0.15) is 45.8 Å². The Kier molecular flexibility index (Phi) is 7.39. The first-order valence-corrected chi connectivity index (χ1v) is 15.6. The zero-order valence-corrected chi connectivity index (χ0v) is 29.0. The molecule has 236 valence electrons. The number of fused-ring (bicyclic) bond motifs is 4. The average Bonchev–Trinajstić information content (AvgIpc) is 3.64. The van der Waals surface area contributed by atoms with Crippen LogP contribution in [0.5, 0.6) is 0 Å². The van der Waals surface area contributed by atoms with Gasteiger partial charge in [-0.25, -0.2) is 4.98 Å². The molecular formula is C42H35N4Pt-3. The first kappa shape index (κ1) is 28.6. The van der Waals surface area contributed by atoms with E-state index in [1.807, 2.05) is 72.9 Å². The molecule has 0 radical (unpaired) electrons. The maximum atomic E-state index is 9.66. The molecule has 0 atom stereocenters. The predicted molar refractivity (Wildman–Crippen MR) is 190 cm³/mol. The van der Waals surface area contributed by atoms with E-state index in [1.165, 1.54) is 0 Å². The molecule has 0 fully saturated rings. The van der Waals surface area contributed by atoms with Crippen LogP contribution in [0, 0.1) is 25.7 Å². The number of aromatic nitrogens is 2. The van der Waals surface area contributed by atoms with Gasteiger partial charge in [-0.15, -0.1) is 23.8 Å². The summed E-state index contributed by atoms with van der Waals surface area (Å²) in [7, 11) is 0. The summed E-state index contributed by atoms with van der Waals surface area (Å²) < 4.78 is 21.4. The van der Waals surface area contributed by atoms with Crippen molar-refractivity contribution in [2.24, 2.45) is 0 Å². The van der Waals surface area contributed by atoms with Crippen molar-refractivity contribution in [3.63, 3.8) is 0 Å². The van der Waals surface area contributed by atoms with Gasteiger partial charge in [-0.2, -0.15) is 47.0 Å². The Bertz CT molecular complexity index is 2320. The second-order valence-corrected chi connectivity index (χ2v) is 12.9. The number of para-hydroxylation sites is 4. The minimum absolute atomic E-state index is 0. The third-order valence-electron chi connectivity index (χ3n) is 8.63. The summed E-state index contributed by atoms with van der Waals surface area (Å²) in [5.41, 5.74) is 8.50. The van der Waals surface area contributed by atoms with E-state index in [9.17, 15) is 2.74 Å². The van der Waals surface area contributed by atoms with Gasteiger partial charge in [0.1, 0.15) is 5.82 Å². The largest absolute Gasteiger partial charge is 0.493 e. The summed E-state index contributed by atoms with van der Waals surface area (Å²) in [4.78, 5) is 8.99. The van der Waals surface area contributed by atoms with Crippen molar-refractivity contribution in [3.05, 3.63) is 163 Å². The number of rotatable bonds is 5. The van der Waals surface area contributed by atoms with Crippen LogP contribution < -0.4 is 9.80 Å². The van der Waals surface area contributed by atoms with Gasteiger partial charge in [-0.1, -0.05) is 74.8 Å². The van der Waals surface area contributed by atoms with Gasteiger partial charge in [0.05, 0.1) is 0 Å². The van der Waals surface area contributed by atoms with Crippen LogP contribution >= 0.6 is 0 Å². The van der Waals surface area contributed by atoms with E-state index in [2.05, 4.69) is 109 Å². The number of anilines is 4. The van der Waals surface area contributed by atoms with Crippen molar-refractivity contribution >= 4 is 44.6 Å². The van der Waals surface area contributed by atoms with Crippen molar-refractivity contribution in [2.45, 2.75) is 39.5 Å². The summed E-state index contributed by atoms with van der Waals surface area (Å²) in [5, 5.41) is 2.08. The van der Waals surface area contributed by atoms with Crippen LogP contribution in [0.2, 0.25) is 0 Å². The van der Waals surface area contributed by atoms with Crippen LogP contribution in [-0.4, -0.2) is 9.55 Å². The molecule has 5 aromatic carbocycles. The van der Waals surface area contributed by atoms with Crippen molar-refractivity contribution in [2.75, 3.05) is 9.80 Å². The Balaban J connectivity index is 0.00000378. The summed E-state index contributed by atoms with van der Waals surface area (Å²) in [5.74, 6) is 0.782. The smallest absolute Gasteiger partial charge is 0.135 e. The average molecular weight is 793 g/mol. The van der Waals surface area contributed by atoms with E-state index < -0.39 is 6.37 Å². The van der Waals surface area contributed by atoms with E-state index in [0.717, 1.165) is 61.5 Å². The molecule has 1 aliphatic rings. The van der Waals surface area contributed by atoms with Crippen LogP contribution in [0.15, 0.2) is 121 Å². The Morgan fingerprint density at radius 3 is 2.23 bits per heavy atom. The van der Waals surface area contributed by atoms with Crippen LogP contribution in [-0.2, 0) is 32.9 Å². The summed E-state index contributed by atoms with van der Waals surface area (Å²) in [6.07, 6.45) is -0.0841. The maximum Gasteiger partial charge on any atom is 0.135 e. The maximum absolute atomic E-state index is 9.66. The zero-order chi connectivity index (χ0) is 33.2. The van der Waals surface area contributed by atoms with Gasteiger partial charge in [0.15, 0.2) is 0 Å². The predicted octanol–water partition coefficient (Wildman–Crippen LogP) is 10.4. The van der Waals surface area contributed by atoms with Gasteiger partial charge < -0.3 is 14.4 Å². The van der Waals surface area contributed by atoms with E-state index in [-0.39, 0.29) is 26.5 Å². The minimum atomic E-state index is -1.90. The third kappa shape index (κ3) is 5.66. The topological polar surface area (TPSA) is 24.3 Å². The number of benzene rings is 5. The minimum Gasteiger partial charge on any atom is -0.493 e. The molecule has 0 saturated heterocycles. The fraction of sp³-hybridized carbons (Fsp3) is 0.143. The van der Waals surface area contributed by atoms with Crippen molar-refractivity contribution < 1.29 is 23.8 Å². The second kappa shape index (κ2) is 12.2. The summed E-state index contributed by atoms with van der Waals surface area (Å²) >= 11 is 0. The van der Waals surface area contributed by atoms with E-state index in [1.54, 1.807) is 0 Å². The zero-order valence-electron chi connectivity index (χ0n) is 28.7. The monoisotopic (exact) mass is 792 g/mol. The molecule has 0 spiro atoms. The molecule has 1 aliphatic heterocycles. The molecule has 4 nitrogen and oxygen atoms in total. The van der Waals surface area contributed by atoms with Gasteiger partial charge >= 0.3 is 0 Å². The van der Waals surface area contributed by atoms with Gasteiger partial charge in [0, 0.05) is 52.6 Å². The van der Waals surface area contributed by atoms with Crippen molar-refractivity contribution in [1.29, 1.82) is 0 Å². The Morgan fingerprint density at radius 1 is 0.745 bits per heavy atom. The standard InChI is InChI=1S/C42H35N4.Pt/c1-29-20-21-43-41(22-29)46-37-15-9-8-14-35(37)36-19-18-30(26-40(36)46)23-31-24-32(42(2,3)4)27-34(25-31)45-28-44(33-12-6-5-7-13-33)38-16-10-11-17-39(38)45;/h5-22,24,27-28H,23H2,1-4H3;/q-3;/i23D2;. The van der Waals surface area contributed by atoms with Gasteiger partial charge in [-0.3, -0.25) is 0 Å². The van der Waals surface area contributed by atoms with Crippen molar-refractivity contribution in [3.8, 4) is 5.82 Å². The quantitative estimate of drug-likeness (QED) is 0.162. The molecule has 0 unspecified atom stereocenters. The Morgan fingerprint density at radius 2 is 1.47 bits per heavy atom. The summed E-state index contributed by atoms with van der Waals surface area (Å²) in [6, 6.07) is 45.9. The molecule has 3 heterocycles. The van der Waals surface area contributed by atoms with Crippen LogP contribution in [0.25, 0.3) is 27.6 Å². The number of aryl methyl sites for hydroxylation is 1. The second-order valence-electron chi connectivity index (χ2n) is 12.9. The molecule has 0 N–H and O–H groups in total. The molecule has 2 aromatic heterocycles. The number of hydrogen-bond acceptors (Lipinski definition) is 3. The molecule has 8 rings (SSSR count). The van der Waals surface area contributed by atoms with E-state index >= 15 is 0 Å². The van der Waals surface area contributed by atoms with Crippen molar-refractivity contribution in [1.82, 2.24) is 9.55 Å². The first-order chi connectivity index (χ1) is 23.1.